The summed E-state index contributed by atoms with van der Waals surface area (Å²) >= 11 is 0. The molecule has 0 aliphatic carbocycles. The van der Waals surface area contributed by atoms with Gasteiger partial charge in [-0.05, 0) is 38.4 Å². The van der Waals surface area contributed by atoms with Crippen molar-refractivity contribution in [3.63, 3.8) is 0 Å². The highest BCUT2D eigenvalue weighted by Crippen LogP contribution is 2.17. The van der Waals surface area contributed by atoms with Crippen molar-refractivity contribution >= 4 is 17.0 Å². The number of carbonyl (C=O) groups excluding carboxylic acids is 1. The van der Waals surface area contributed by atoms with E-state index in [1.165, 1.54) is 12.8 Å². The van der Waals surface area contributed by atoms with Crippen LogP contribution in [0.5, 0.6) is 0 Å². The van der Waals surface area contributed by atoms with Gasteiger partial charge in [0.2, 0.25) is 0 Å². The van der Waals surface area contributed by atoms with Crippen LogP contribution in [0.15, 0.2) is 36.5 Å². The van der Waals surface area contributed by atoms with Gasteiger partial charge in [0, 0.05) is 17.6 Å². The lowest BCUT2D eigenvalue weighted by Gasteiger charge is -2.28. The van der Waals surface area contributed by atoms with Gasteiger partial charge in [0.15, 0.2) is 0 Å². The number of fused-ring (bicyclic) bond motifs is 1. The normalized spacial score (nSPS) is 20.8. The third-order valence-electron chi connectivity index (χ3n) is 4.00. The molecule has 2 atom stereocenters. The van der Waals surface area contributed by atoms with Crippen LogP contribution < -0.4 is 5.32 Å². The van der Waals surface area contributed by atoms with Crippen molar-refractivity contribution in [2.75, 3.05) is 6.54 Å². The highest BCUT2D eigenvalue weighted by Gasteiger charge is 2.23. The van der Waals surface area contributed by atoms with E-state index in [4.69, 9.17) is 4.74 Å². The molecule has 1 fully saturated rings. The molecule has 2 unspecified atom stereocenters. The Balaban J connectivity index is 1.72. The number of rotatable bonds is 2. The molecule has 1 aliphatic heterocycles. The highest BCUT2D eigenvalue weighted by molar-refractivity contribution is 5.89. The Labute approximate surface area is 118 Å². The van der Waals surface area contributed by atoms with Gasteiger partial charge in [0.25, 0.3) is 0 Å². The molecule has 1 aromatic heterocycles. The molecule has 2 aromatic rings. The molecule has 1 aromatic carbocycles. The second kappa shape index (κ2) is 5.67. The van der Waals surface area contributed by atoms with Crippen LogP contribution in [-0.2, 0) is 4.74 Å². The number of carbonyl (C=O) groups is 1. The molecule has 0 bridgehead atoms. The summed E-state index contributed by atoms with van der Waals surface area (Å²) in [5, 5.41) is 4.47. The highest BCUT2D eigenvalue weighted by atomic mass is 16.6. The molecule has 1 aliphatic rings. The van der Waals surface area contributed by atoms with Crippen LogP contribution in [0.2, 0.25) is 0 Å². The van der Waals surface area contributed by atoms with E-state index in [9.17, 15) is 4.79 Å². The van der Waals surface area contributed by atoms with Crippen LogP contribution in [0.25, 0.3) is 10.9 Å². The Morgan fingerprint density at radius 1 is 1.35 bits per heavy atom. The van der Waals surface area contributed by atoms with Crippen LogP contribution in [0.1, 0.15) is 26.2 Å². The molecule has 0 amide bonds. The molecule has 1 saturated heterocycles. The van der Waals surface area contributed by atoms with Gasteiger partial charge in [0.1, 0.15) is 6.10 Å². The van der Waals surface area contributed by atoms with Crippen LogP contribution in [0.3, 0.4) is 0 Å². The van der Waals surface area contributed by atoms with E-state index in [1.807, 2.05) is 37.3 Å². The van der Waals surface area contributed by atoms with Crippen LogP contribution in [0, 0.1) is 0 Å². The molecule has 4 heteroatoms. The minimum absolute atomic E-state index is 0.107. The minimum atomic E-state index is -0.300. The largest absolute Gasteiger partial charge is 0.444 e. The Morgan fingerprint density at radius 3 is 3.00 bits per heavy atom. The zero-order valence-electron chi connectivity index (χ0n) is 11.7. The first-order chi connectivity index (χ1) is 9.75. The number of benzene rings is 1. The first-order valence-corrected chi connectivity index (χ1v) is 7.26. The summed E-state index contributed by atoms with van der Waals surface area (Å²) in [6.07, 6.45) is 4.84. The summed E-state index contributed by atoms with van der Waals surface area (Å²) in [6, 6.07) is 10.0. The van der Waals surface area contributed by atoms with Crippen LogP contribution in [-0.4, -0.2) is 29.4 Å². The first-order valence-electron chi connectivity index (χ1n) is 7.26. The number of hydrogen-bond acceptors (Lipinski definition) is 3. The summed E-state index contributed by atoms with van der Waals surface area (Å²) in [4.78, 5) is 12.3. The van der Waals surface area contributed by atoms with Crippen LogP contribution in [0.4, 0.5) is 4.79 Å². The molecular weight excluding hydrogens is 252 g/mol. The lowest BCUT2D eigenvalue weighted by molar-refractivity contribution is 0.0788. The summed E-state index contributed by atoms with van der Waals surface area (Å²) in [5.41, 5.74) is 0.890. The Kier molecular flexibility index (Phi) is 3.74. The SMILES string of the molecule is CC(OC(=O)n1ccc2ccccc21)C1CCCCN1. The van der Waals surface area contributed by atoms with E-state index >= 15 is 0 Å². The molecule has 1 N–H and O–H groups in total. The summed E-state index contributed by atoms with van der Waals surface area (Å²) in [5.74, 6) is 0. The van der Waals surface area contributed by atoms with E-state index in [1.54, 1.807) is 10.8 Å². The third-order valence-corrected chi connectivity index (χ3v) is 4.00. The van der Waals surface area contributed by atoms with Crippen molar-refractivity contribution in [2.45, 2.75) is 38.3 Å². The maximum absolute atomic E-state index is 12.3. The van der Waals surface area contributed by atoms with Gasteiger partial charge < -0.3 is 10.1 Å². The number of ether oxygens (including phenoxy) is 1. The smallest absolute Gasteiger partial charge is 0.418 e. The number of hydrogen-bond donors (Lipinski definition) is 1. The molecule has 4 nitrogen and oxygen atoms in total. The van der Waals surface area contributed by atoms with Gasteiger partial charge in [-0.15, -0.1) is 0 Å². The quantitative estimate of drug-likeness (QED) is 0.913. The standard InChI is InChI=1S/C16H20N2O2/c1-12(14-7-4-5-10-17-14)20-16(19)18-11-9-13-6-2-3-8-15(13)18/h2-3,6,8-9,11-12,14,17H,4-5,7,10H2,1H3. The number of para-hydroxylation sites is 1. The van der Waals surface area contributed by atoms with Gasteiger partial charge in [-0.1, -0.05) is 24.6 Å². The fourth-order valence-electron chi connectivity index (χ4n) is 2.82. The molecule has 0 saturated carbocycles. The fraction of sp³-hybridized carbons (Fsp3) is 0.438. The first kappa shape index (κ1) is 13.2. The number of nitrogens with zero attached hydrogens (tertiary/aromatic N) is 1. The zero-order chi connectivity index (χ0) is 13.9. The van der Waals surface area contributed by atoms with Gasteiger partial charge in [-0.2, -0.15) is 0 Å². The summed E-state index contributed by atoms with van der Waals surface area (Å²) in [6.45, 7) is 2.98. The lowest BCUT2D eigenvalue weighted by atomic mass is 10.0. The average Bonchev–Trinajstić information content (AvgIpc) is 2.92. The second-order valence-corrected chi connectivity index (χ2v) is 5.39. The van der Waals surface area contributed by atoms with Crippen molar-refractivity contribution in [1.29, 1.82) is 0 Å². The van der Waals surface area contributed by atoms with Gasteiger partial charge in [-0.3, -0.25) is 4.57 Å². The number of piperidine rings is 1. The van der Waals surface area contributed by atoms with Gasteiger partial charge in [-0.25, -0.2) is 4.79 Å². The number of nitrogens with one attached hydrogen (secondary N) is 1. The maximum Gasteiger partial charge on any atom is 0.418 e. The predicted octanol–water partition coefficient (Wildman–Crippen LogP) is 3.16. The molecule has 20 heavy (non-hydrogen) atoms. The summed E-state index contributed by atoms with van der Waals surface area (Å²) in [7, 11) is 0. The van der Waals surface area contributed by atoms with Gasteiger partial charge >= 0.3 is 6.09 Å². The van der Waals surface area contributed by atoms with Crippen LogP contribution >= 0.6 is 0 Å². The lowest BCUT2D eigenvalue weighted by Crippen LogP contribution is -2.44. The van der Waals surface area contributed by atoms with E-state index in [0.717, 1.165) is 23.9 Å². The second-order valence-electron chi connectivity index (χ2n) is 5.39. The topological polar surface area (TPSA) is 43.3 Å². The van der Waals surface area contributed by atoms with E-state index < -0.39 is 0 Å². The minimum Gasteiger partial charge on any atom is -0.444 e. The van der Waals surface area contributed by atoms with Crippen molar-refractivity contribution in [3.8, 4) is 0 Å². The molecule has 3 rings (SSSR count). The monoisotopic (exact) mass is 272 g/mol. The van der Waals surface area contributed by atoms with Crippen molar-refractivity contribution < 1.29 is 9.53 Å². The van der Waals surface area contributed by atoms with Crippen molar-refractivity contribution in [1.82, 2.24) is 9.88 Å². The molecule has 0 radical (unpaired) electrons. The molecule has 2 heterocycles. The molecule has 0 spiro atoms. The van der Waals surface area contributed by atoms with E-state index in [0.29, 0.717) is 0 Å². The maximum atomic E-state index is 12.3. The Bertz CT molecular complexity index is 599. The van der Waals surface area contributed by atoms with E-state index in [2.05, 4.69) is 5.32 Å². The Morgan fingerprint density at radius 2 is 2.20 bits per heavy atom. The fourth-order valence-corrected chi connectivity index (χ4v) is 2.82. The van der Waals surface area contributed by atoms with Gasteiger partial charge in [0.05, 0.1) is 5.52 Å². The zero-order valence-corrected chi connectivity index (χ0v) is 11.7. The predicted molar refractivity (Wildman–Crippen MR) is 78.9 cm³/mol. The molecule has 106 valence electrons. The van der Waals surface area contributed by atoms with E-state index in [-0.39, 0.29) is 18.2 Å². The summed E-state index contributed by atoms with van der Waals surface area (Å²) < 4.78 is 7.18. The number of aromatic nitrogens is 1. The van der Waals surface area contributed by atoms with Crippen molar-refractivity contribution in [3.05, 3.63) is 36.5 Å². The van der Waals surface area contributed by atoms with Crippen molar-refractivity contribution in [2.24, 2.45) is 0 Å². The third kappa shape index (κ3) is 2.56. The molecular formula is C16H20N2O2. The average molecular weight is 272 g/mol. The Hall–Kier alpha value is -1.81.